The number of hydrogen-bond acceptors (Lipinski definition) is 3. The molecular formula is C10H17NO2S. The van der Waals surface area contributed by atoms with Gasteiger partial charge in [-0.2, -0.15) is 5.26 Å². The Labute approximate surface area is 86.0 Å². The SMILES string of the molecule is CCS(=O)(=O)C(C#N)C1CCCCC1. The largest absolute Gasteiger partial charge is 0.227 e. The van der Waals surface area contributed by atoms with Gasteiger partial charge in [-0.25, -0.2) is 8.42 Å². The Morgan fingerprint density at radius 3 is 2.36 bits per heavy atom. The highest BCUT2D eigenvalue weighted by molar-refractivity contribution is 7.92. The molecule has 1 atom stereocenters. The van der Waals surface area contributed by atoms with Gasteiger partial charge >= 0.3 is 0 Å². The van der Waals surface area contributed by atoms with Crippen LogP contribution >= 0.6 is 0 Å². The van der Waals surface area contributed by atoms with Crippen LogP contribution < -0.4 is 0 Å². The van der Waals surface area contributed by atoms with Gasteiger partial charge in [-0.3, -0.25) is 0 Å². The fourth-order valence-electron chi connectivity index (χ4n) is 2.10. The summed E-state index contributed by atoms with van der Waals surface area (Å²) in [4.78, 5) is 0. The molecule has 0 saturated heterocycles. The predicted octanol–water partition coefficient (Wildman–Crippen LogP) is 1.89. The minimum absolute atomic E-state index is 0.0821. The van der Waals surface area contributed by atoms with Crippen molar-refractivity contribution in [3.8, 4) is 6.07 Å². The van der Waals surface area contributed by atoms with Crippen molar-refractivity contribution in [2.24, 2.45) is 5.92 Å². The predicted molar refractivity (Wildman–Crippen MR) is 55.4 cm³/mol. The molecule has 1 aliphatic carbocycles. The van der Waals surface area contributed by atoms with Crippen LogP contribution in [-0.2, 0) is 9.84 Å². The summed E-state index contributed by atoms with van der Waals surface area (Å²) in [6.07, 6.45) is 5.12. The zero-order chi connectivity index (χ0) is 10.6. The lowest BCUT2D eigenvalue weighted by Gasteiger charge is -2.25. The summed E-state index contributed by atoms with van der Waals surface area (Å²) in [5.74, 6) is 0.167. The van der Waals surface area contributed by atoms with E-state index in [1.807, 2.05) is 6.07 Å². The van der Waals surface area contributed by atoms with Crippen molar-refractivity contribution in [1.82, 2.24) is 0 Å². The summed E-state index contributed by atoms with van der Waals surface area (Å²) < 4.78 is 23.2. The summed E-state index contributed by atoms with van der Waals surface area (Å²) in [6.45, 7) is 1.61. The van der Waals surface area contributed by atoms with Gasteiger partial charge in [0.25, 0.3) is 0 Å². The zero-order valence-corrected chi connectivity index (χ0v) is 9.39. The topological polar surface area (TPSA) is 57.9 Å². The van der Waals surface area contributed by atoms with Crippen LogP contribution in [0.25, 0.3) is 0 Å². The molecule has 0 aromatic carbocycles. The van der Waals surface area contributed by atoms with Gasteiger partial charge in [0.2, 0.25) is 0 Å². The first-order valence-electron chi connectivity index (χ1n) is 5.23. The lowest BCUT2D eigenvalue weighted by molar-refractivity contribution is 0.363. The van der Waals surface area contributed by atoms with Crippen molar-refractivity contribution < 1.29 is 8.42 Å². The summed E-state index contributed by atoms with van der Waals surface area (Å²) in [7, 11) is -3.17. The van der Waals surface area contributed by atoms with E-state index in [1.165, 1.54) is 6.42 Å². The van der Waals surface area contributed by atoms with E-state index in [0.29, 0.717) is 0 Å². The molecule has 0 amide bonds. The Kier molecular flexibility index (Phi) is 3.94. The molecule has 0 aromatic heterocycles. The lowest BCUT2D eigenvalue weighted by Crippen LogP contribution is -2.31. The maximum absolute atomic E-state index is 11.6. The first kappa shape index (κ1) is 11.5. The second-order valence-corrected chi connectivity index (χ2v) is 6.31. The van der Waals surface area contributed by atoms with Crippen LogP contribution in [0.1, 0.15) is 39.0 Å². The van der Waals surface area contributed by atoms with E-state index in [4.69, 9.17) is 5.26 Å². The van der Waals surface area contributed by atoms with Crippen LogP contribution in [0.5, 0.6) is 0 Å². The average molecular weight is 215 g/mol. The van der Waals surface area contributed by atoms with Crippen molar-refractivity contribution >= 4 is 9.84 Å². The highest BCUT2D eigenvalue weighted by Crippen LogP contribution is 2.29. The minimum Gasteiger partial charge on any atom is -0.227 e. The van der Waals surface area contributed by atoms with Crippen LogP contribution in [-0.4, -0.2) is 19.4 Å². The molecule has 0 N–H and O–H groups in total. The Hall–Kier alpha value is -0.560. The second-order valence-electron chi connectivity index (χ2n) is 3.90. The Balaban J connectivity index is 2.76. The van der Waals surface area contributed by atoms with Gasteiger partial charge in [-0.05, 0) is 18.8 Å². The molecule has 1 aliphatic rings. The molecule has 80 valence electrons. The molecule has 1 unspecified atom stereocenters. The normalized spacial score (nSPS) is 21.4. The zero-order valence-electron chi connectivity index (χ0n) is 8.57. The summed E-state index contributed by atoms with van der Waals surface area (Å²) in [5, 5.41) is 8.16. The molecule has 0 heterocycles. The molecule has 1 saturated carbocycles. The van der Waals surface area contributed by atoms with E-state index in [2.05, 4.69) is 0 Å². The molecule has 4 heteroatoms. The number of sulfone groups is 1. The first-order chi connectivity index (χ1) is 6.61. The second kappa shape index (κ2) is 4.79. The van der Waals surface area contributed by atoms with Gasteiger partial charge in [0.15, 0.2) is 15.1 Å². The van der Waals surface area contributed by atoms with Gasteiger partial charge in [-0.15, -0.1) is 0 Å². The third-order valence-corrected chi connectivity index (χ3v) is 5.06. The average Bonchev–Trinajstić information content (AvgIpc) is 2.20. The maximum Gasteiger partial charge on any atom is 0.166 e. The van der Waals surface area contributed by atoms with Gasteiger partial charge in [0.05, 0.1) is 6.07 Å². The van der Waals surface area contributed by atoms with Gasteiger partial charge in [-0.1, -0.05) is 26.2 Å². The summed E-state index contributed by atoms with van der Waals surface area (Å²) in [5.41, 5.74) is 0. The van der Waals surface area contributed by atoms with E-state index < -0.39 is 15.1 Å². The van der Waals surface area contributed by atoms with Gasteiger partial charge in [0, 0.05) is 5.75 Å². The van der Waals surface area contributed by atoms with E-state index in [0.717, 1.165) is 25.7 Å². The summed E-state index contributed by atoms with van der Waals surface area (Å²) in [6, 6.07) is 1.98. The van der Waals surface area contributed by atoms with Crippen LogP contribution in [0.2, 0.25) is 0 Å². The van der Waals surface area contributed by atoms with Crippen LogP contribution in [0, 0.1) is 17.2 Å². The molecule has 0 aromatic rings. The molecule has 0 radical (unpaired) electrons. The lowest BCUT2D eigenvalue weighted by atomic mass is 9.87. The number of rotatable bonds is 3. The molecule has 0 bridgehead atoms. The number of hydrogen-bond donors (Lipinski definition) is 0. The third kappa shape index (κ3) is 2.48. The van der Waals surface area contributed by atoms with Crippen LogP contribution in [0.15, 0.2) is 0 Å². The smallest absolute Gasteiger partial charge is 0.166 e. The Morgan fingerprint density at radius 2 is 1.93 bits per heavy atom. The maximum atomic E-state index is 11.6. The quantitative estimate of drug-likeness (QED) is 0.722. The van der Waals surface area contributed by atoms with E-state index in [-0.39, 0.29) is 11.7 Å². The first-order valence-corrected chi connectivity index (χ1v) is 6.94. The van der Waals surface area contributed by atoms with Gasteiger partial charge < -0.3 is 0 Å². The molecular weight excluding hydrogens is 198 g/mol. The number of nitrogens with zero attached hydrogens (tertiary/aromatic N) is 1. The van der Waals surface area contributed by atoms with E-state index >= 15 is 0 Å². The molecule has 1 fully saturated rings. The van der Waals surface area contributed by atoms with Crippen molar-refractivity contribution in [3.05, 3.63) is 0 Å². The minimum atomic E-state index is -3.17. The van der Waals surface area contributed by atoms with Crippen molar-refractivity contribution in [2.75, 3.05) is 5.75 Å². The molecule has 14 heavy (non-hydrogen) atoms. The highest BCUT2D eigenvalue weighted by Gasteiger charge is 2.32. The van der Waals surface area contributed by atoms with Crippen LogP contribution in [0.4, 0.5) is 0 Å². The molecule has 0 spiro atoms. The van der Waals surface area contributed by atoms with Crippen molar-refractivity contribution in [2.45, 2.75) is 44.3 Å². The Bertz CT molecular complexity index is 310. The van der Waals surface area contributed by atoms with Crippen LogP contribution in [0.3, 0.4) is 0 Å². The molecule has 1 rings (SSSR count). The molecule has 3 nitrogen and oxygen atoms in total. The third-order valence-electron chi connectivity index (χ3n) is 2.99. The highest BCUT2D eigenvalue weighted by atomic mass is 32.2. The fraction of sp³-hybridized carbons (Fsp3) is 0.900. The number of nitriles is 1. The van der Waals surface area contributed by atoms with E-state index in [1.54, 1.807) is 6.92 Å². The van der Waals surface area contributed by atoms with Crippen molar-refractivity contribution in [3.63, 3.8) is 0 Å². The molecule has 0 aliphatic heterocycles. The Morgan fingerprint density at radius 1 is 1.36 bits per heavy atom. The van der Waals surface area contributed by atoms with Gasteiger partial charge in [0.1, 0.15) is 0 Å². The fourth-order valence-corrected chi connectivity index (χ4v) is 3.47. The standard InChI is InChI=1S/C10H17NO2S/c1-2-14(12,13)10(8-11)9-6-4-3-5-7-9/h9-10H,2-7H2,1H3. The monoisotopic (exact) mass is 215 g/mol. The van der Waals surface area contributed by atoms with E-state index in [9.17, 15) is 8.42 Å². The summed E-state index contributed by atoms with van der Waals surface area (Å²) >= 11 is 0. The van der Waals surface area contributed by atoms with Crippen molar-refractivity contribution in [1.29, 1.82) is 5.26 Å².